The van der Waals surface area contributed by atoms with E-state index in [-0.39, 0.29) is 0 Å². The summed E-state index contributed by atoms with van der Waals surface area (Å²) in [5.74, 6) is 0.494. The topological polar surface area (TPSA) is 74.8 Å². The molecule has 6 nitrogen and oxygen atoms in total. The molecule has 0 aliphatic carbocycles. The molecule has 30 heavy (non-hydrogen) atoms. The lowest BCUT2D eigenvalue weighted by Crippen LogP contribution is -2.34. The van der Waals surface area contributed by atoms with E-state index in [0.717, 1.165) is 27.9 Å². The zero-order valence-electron chi connectivity index (χ0n) is 16.7. The van der Waals surface area contributed by atoms with Crippen molar-refractivity contribution < 1.29 is 0 Å². The minimum absolute atomic E-state index is 0.405. The zero-order chi connectivity index (χ0) is 21.3. The Bertz CT molecular complexity index is 1040. The maximum Gasteiger partial charge on any atom is 0.224 e. The summed E-state index contributed by atoms with van der Waals surface area (Å²) < 4.78 is 0. The second-order valence-electron chi connectivity index (χ2n) is 6.53. The number of halogens is 1. The van der Waals surface area contributed by atoms with Gasteiger partial charge in [-0.15, -0.1) is 0 Å². The van der Waals surface area contributed by atoms with Crippen LogP contribution in [0.5, 0.6) is 0 Å². The molecule has 3 rings (SSSR count). The first-order chi connectivity index (χ1) is 14.6. The molecular formula is C22H23ClN6S. The van der Waals surface area contributed by atoms with E-state index in [4.69, 9.17) is 23.8 Å². The number of benzene rings is 1. The van der Waals surface area contributed by atoms with Gasteiger partial charge in [0.1, 0.15) is 5.15 Å². The number of hydrogen-bond acceptors (Lipinski definition) is 5. The van der Waals surface area contributed by atoms with Gasteiger partial charge in [0, 0.05) is 43.3 Å². The number of aromatic nitrogens is 3. The van der Waals surface area contributed by atoms with Crippen molar-refractivity contribution in [1.82, 2.24) is 25.6 Å². The molecule has 3 aromatic rings. The van der Waals surface area contributed by atoms with Gasteiger partial charge < -0.3 is 16.0 Å². The molecule has 0 atom stereocenters. The highest BCUT2D eigenvalue weighted by atomic mass is 35.5. The molecule has 0 saturated carbocycles. The lowest BCUT2D eigenvalue weighted by atomic mass is 10.1. The van der Waals surface area contributed by atoms with Crippen molar-refractivity contribution in [3.05, 3.63) is 88.5 Å². The molecule has 0 spiro atoms. The molecule has 3 N–H and O–H groups in total. The fourth-order valence-corrected chi connectivity index (χ4v) is 3.26. The van der Waals surface area contributed by atoms with E-state index in [1.165, 1.54) is 0 Å². The molecule has 0 bridgehead atoms. The van der Waals surface area contributed by atoms with Gasteiger partial charge in [-0.25, -0.2) is 9.97 Å². The lowest BCUT2D eigenvalue weighted by molar-refractivity contribution is 0.822. The predicted molar refractivity (Wildman–Crippen MR) is 126 cm³/mol. The Kier molecular flexibility index (Phi) is 7.70. The van der Waals surface area contributed by atoms with E-state index < -0.39 is 0 Å². The van der Waals surface area contributed by atoms with Crippen LogP contribution < -0.4 is 16.0 Å². The number of thiocarbonyl (C=S) groups is 1. The normalized spacial score (nSPS) is 10.3. The van der Waals surface area contributed by atoms with E-state index in [2.05, 4.69) is 49.6 Å². The fourth-order valence-electron chi connectivity index (χ4n) is 2.98. The first kappa shape index (κ1) is 21.7. The third-order valence-electron chi connectivity index (χ3n) is 4.54. The van der Waals surface area contributed by atoms with E-state index in [1.54, 1.807) is 18.5 Å². The molecule has 1 aromatic carbocycles. The van der Waals surface area contributed by atoms with Crippen LogP contribution in [0.3, 0.4) is 0 Å². The van der Waals surface area contributed by atoms with Crippen molar-refractivity contribution in [3.8, 4) is 0 Å². The maximum absolute atomic E-state index is 5.91. The fraction of sp³-hybridized carbons (Fsp3) is 0.182. The predicted octanol–water partition coefficient (Wildman–Crippen LogP) is 4.25. The highest BCUT2D eigenvalue weighted by Crippen LogP contribution is 2.14. The minimum Gasteiger partial charge on any atom is -0.359 e. The molecule has 0 aliphatic rings. The first-order valence-corrected chi connectivity index (χ1v) is 10.2. The summed E-state index contributed by atoms with van der Waals surface area (Å²) in [6.45, 7) is 7.62. The van der Waals surface area contributed by atoms with Crippen molar-refractivity contribution in [2.45, 2.75) is 26.6 Å². The minimum atomic E-state index is 0.405. The summed E-state index contributed by atoms with van der Waals surface area (Å²) in [6, 6.07) is 11.7. The van der Waals surface area contributed by atoms with E-state index in [0.29, 0.717) is 35.8 Å². The van der Waals surface area contributed by atoms with E-state index in [1.807, 2.05) is 31.2 Å². The van der Waals surface area contributed by atoms with Crippen LogP contribution in [0, 0.1) is 6.92 Å². The number of aryl methyl sites for hydroxylation is 1. The summed E-state index contributed by atoms with van der Waals surface area (Å²) >= 11 is 11.4. The van der Waals surface area contributed by atoms with Gasteiger partial charge in [-0.1, -0.05) is 48.5 Å². The smallest absolute Gasteiger partial charge is 0.224 e. The van der Waals surface area contributed by atoms with Gasteiger partial charge in [-0.2, -0.15) is 0 Å². The van der Waals surface area contributed by atoms with Crippen LogP contribution in [0.25, 0.3) is 6.08 Å². The monoisotopic (exact) mass is 438 g/mol. The van der Waals surface area contributed by atoms with Crippen molar-refractivity contribution in [2.75, 3.05) is 5.32 Å². The lowest BCUT2D eigenvalue weighted by Gasteiger charge is -2.15. The molecule has 0 aliphatic heterocycles. The summed E-state index contributed by atoms with van der Waals surface area (Å²) in [4.78, 5) is 12.6. The molecular weight excluding hydrogens is 416 g/mol. The number of hydrogen-bond donors (Lipinski definition) is 3. The number of anilines is 1. The molecule has 0 saturated heterocycles. The van der Waals surface area contributed by atoms with Gasteiger partial charge in [0.05, 0.1) is 0 Å². The van der Waals surface area contributed by atoms with Crippen molar-refractivity contribution in [1.29, 1.82) is 0 Å². The van der Waals surface area contributed by atoms with Crippen LogP contribution in [0.2, 0.25) is 5.15 Å². The van der Waals surface area contributed by atoms with Gasteiger partial charge in [0.25, 0.3) is 0 Å². The Labute approximate surface area is 186 Å². The number of nitrogens with zero attached hydrogens (tertiary/aromatic N) is 3. The molecule has 0 unspecified atom stereocenters. The highest BCUT2D eigenvalue weighted by molar-refractivity contribution is 7.80. The van der Waals surface area contributed by atoms with Crippen LogP contribution in [0.1, 0.15) is 27.9 Å². The molecule has 2 aromatic heterocycles. The van der Waals surface area contributed by atoms with Gasteiger partial charge in [-0.05, 0) is 48.0 Å². The van der Waals surface area contributed by atoms with Gasteiger partial charge in [0.15, 0.2) is 5.11 Å². The third-order valence-corrected chi connectivity index (χ3v) is 5.04. The van der Waals surface area contributed by atoms with E-state index in [9.17, 15) is 0 Å². The SMILES string of the molecule is C=Cc1c(CNC(=S)NCc2ccccc2CNc2nccc(Cl)n2)ccnc1C. The Morgan fingerprint density at radius 3 is 2.37 bits per heavy atom. The Morgan fingerprint density at radius 2 is 1.67 bits per heavy atom. The summed E-state index contributed by atoms with van der Waals surface area (Å²) in [5.41, 5.74) is 5.34. The van der Waals surface area contributed by atoms with Crippen LogP contribution in [0.15, 0.2) is 55.4 Å². The standard InChI is InChI=1S/C22H23ClN6S/c1-3-19-15(2)24-10-8-18(19)14-28-22(30)27-13-17-7-5-4-6-16(17)12-26-21-25-11-9-20(23)29-21/h3-11H,1,12-14H2,2H3,(H,25,26,29)(H2,27,28,30). The van der Waals surface area contributed by atoms with Gasteiger partial charge >= 0.3 is 0 Å². The Hall–Kier alpha value is -3.03. The number of nitrogens with one attached hydrogen (secondary N) is 3. The molecule has 154 valence electrons. The second kappa shape index (κ2) is 10.7. The Morgan fingerprint density at radius 1 is 1.00 bits per heavy atom. The molecule has 0 radical (unpaired) electrons. The van der Waals surface area contributed by atoms with Crippen molar-refractivity contribution >= 4 is 41.0 Å². The third kappa shape index (κ3) is 5.98. The van der Waals surface area contributed by atoms with Crippen molar-refractivity contribution in [2.24, 2.45) is 0 Å². The first-order valence-electron chi connectivity index (χ1n) is 9.44. The zero-order valence-corrected chi connectivity index (χ0v) is 18.2. The molecule has 0 fully saturated rings. The molecule has 0 amide bonds. The largest absolute Gasteiger partial charge is 0.359 e. The quantitative estimate of drug-likeness (QED) is 0.358. The summed E-state index contributed by atoms with van der Waals surface area (Å²) in [6.07, 6.45) is 5.24. The average Bonchev–Trinajstić information content (AvgIpc) is 2.75. The van der Waals surface area contributed by atoms with Crippen LogP contribution in [0.4, 0.5) is 5.95 Å². The van der Waals surface area contributed by atoms with Gasteiger partial charge in [-0.3, -0.25) is 4.98 Å². The van der Waals surface area contributed by atoms with Crippen molar-refractivity contribution in [3.63, 3.8) is 0 Å². The number of pyridine rings is 1. The van der Waals surface area contributed by atoms with Crippen LogP contribution in [-0.2, 0) is 19.6 Å². The summed E-state index contributed by atoms with van der Waals surface area (Å²) in [7, 11) is 0. The molecule has 8 heteroatoms. The van der Waals surface area contributed by atoms with Crippen LogP contribution in [-0.4, -0.2) is 20.1 Å². The summed E-state index contributed by atoms with van der Waals surface area (Å²) in [5, 5.41) is 10.7. The number of rotatable bonds is 8. The van der Waals surface area contributed by atoms with E-state index >= 15 is 0 Å². The van der Waals surface area contributed by atoms with Gasteiger partial charge in [0.2, 0.25) is 5.95 Å². The second-order valence-corrected chi connectivity index (χ2v) is 7.33. The highest BCUT2D eigenvalue weighted by Gasteiger charge is 2.06. The Balaban J connectivity index is 1.55. The maximum atomic E-state index is 5.91. The van der Waals surface area contributed by atoms with Crippen LogP contribution >= 0.6 is 23.8 Å². The average molecular weight is 439 g/mol. The molecule has 2 heterocycles.